The van der Waals surface area contributed by atoms with Crippen molar-refractivity contribution >= 4 is 11.3 Å². The Morgan fingerprint density at radius 3 is 2.38 bits per heavy atom. The quantitative estimate of drug-likeness (QED) is 0.730. The van der Waals surface area contributed by atoms with Gasteiger partial charge in [-0.1, -0.05) is 48.5 Å². The van der Waals surface area contributed by atoms with Crippen molar-refractivity contribution in [2.75, 3.05) is 0 Å². The second-order valence-corrected chi connectivity index (χ2v) is 6.03. The van der Waals surface area contributed by atoms with Gasteiger partial charge in [0, 0.05) is 28.4 Å². The van der Waals surface area contributed by atoms with E-state index in [9.17, 15) is 5.11 Å². The normalized spacial score (nSPS) is 10.7. The fourth-order valence-corrected chi connectivity index (χ4v) is 3.19. The number of hydrogen-bond acceptors (Lipinski definition) is 3. The van der Waals surface area contributed by atoms with E-state index in [1.165, 1.54) is 15.3 Å². The molecule has 1 heterocycles. The fraction of sp³-hybridized carbons (Fsp3) is 0.111. The molecule has 0 saturated carbocycles. The number of rotatable bonds is 5. The number of hydrogen-bond donors (Lipinski definition) is 2. The minimum atomic E-state index is 0.348. The van der Waals surface area contributed by atoms with E-state index in [2.05, 4.69) is 41.7 Å². The lowest BCUT2D eigenvalue weighted by Gasteiger charge is -2.05. The summed E-state index contributed by atoms with van der Waals surface area (Å²) in [6.07, 6.45) is 0. The Kier molecular flexibility index (Phi) is 4.34. The molecule has 0 radical (unpaired) electrons. The van der Waals surface area contributed by atoms with Crippen LogP contribution in [-0.4, -0.2) is 5.11 Å². The molecule has 0 aliphatic heterocycles. The Bertz CT molecular complexity index is 706. The first-order chi connectivity index (χ1) is 10.3. The minimum Gasteiger partial charge on any atom is -0.508 e. The summed E-state index contributed by atoms with van der Waals surface area (Å²) in [5.74, 6) is 0.348. The highest BCUT2D eigenvalue weighted by molar-refractivity contribution is 7.15. The molecule has 0 bridgehead atoms. The van der Waals surface area contributed by atoms with Gasteiger partial charge in [-0.3, -0.25) is 0 Å². The van der Waals surface area contributed by atoms with Crippen molar-refractivity contribution in [1.82, 2.24) is 5.32 Å². The number of nitrogens with one attached hydrogen (secondary N) is 1. The molecule has 2 nitrogen and oxygen atoms in total. The summed E-state index contributed by atoms with van der Waals surface area (Å²) in [6, 6.07) is 22.2. The van der Waals surface area contributed by atoms with Gasteiger partial charge in [-0.05, 0) is 23.8 Å². The molecule has 0 atom stereocenters. The standard InChI is InChI=1S/C18H17NOS/c20-17-9-5-4-8-15(17)12-19-13-16-10-11-18(21-16)14-6-2-1-3-7-14/h1-11,19-20H,12-13H2. The second kappa shape index (κ2) is 6.57. The zero-order valence-electron chi connectivity index (χ0n) is 11.6. The number of phenolic OH excluding ortho intramolecular Hbond substituents is 1. The van der Waals surface area contributed by atoms with Crippen LogP contribution in [0.15, 0.2) is 66.7 Å². The van der Waals surface area contributed by atoms with E-state index in [4.69, 9.17) is 0 Å². The Labute approximate surface area is 128 Å². The lowest BCUT2D eigenvalue weighted by atomic mass is 10.2. The molecule has 0 saturated heterocycles. The van der Waals surface area contributed by atoms with Gasteiger partial charge in [-0.2, -0.15) is 0 Å². The van der Waals surface area contributed by atoms with Crippen LogP contribution in [0.2, 0.25) is 0 Å². The third-order valence-corrected chi connectivity index (χ3v) is 4.46. The molecule has 1 aromatic heterocycles. The maximum absolute atomic E-state index is 9.72. The molecule has 0 fully saturated rings. The zero-order chi connectivity index (χ0) is 14.5. The molecule has 3 aromatic rings. The van der Waals surface area contributed by atoms with Gasteiger partial charge < -0.3 is 10.4 Å². The molecule has 3 rings (SSSR count). The van der Waals surface area contributed by atoms with Crippen molar-refractivity contribution in [3.63, 3.8) is 0 Å². The van der Waals surface area contributed by atoms with Crippen molar-refractivity contribution in [3.8, 4) is 16.2 Å². The van der Waals surface area contributed by atoms with Crippen LogP contribution in [0.3, 0.4) is 0 Å². The van der Waals surface area contributed by atoms with E-state index in [0.717, 1.165) is 12.1 Å². The molecule has 0 aliphatic rings. The molecule has 21 heavy (non-hydrogen) atoms. The summed E-state index contributed by atoms with van der Waals surface area (Å²) >= 11 is 1.80. The molecule has 106 valence electrons. The van der Waals surface area contributed by atoms with Gasteiger partial charge in [0.25, 0.3) is 0 Å². The van der Waals surface area contributed by atoms with Crippen molar-refractivity contribution in [1.29, 1.82) is 0 Å². The van der Waals surface area contributed by atoms with Crippen LogP contribution in [0, 0.1) is 0 Å². The molecular weight excluding hydrogens is 278 g/mol. The van der Waals surface area contributed by atoms with E-state index in [1.54, 1.807) is 17.4 Å². The Morgan fingerprint density at radius 1 is 0.810 bits per heavy atom. The highest BCUT2D eigenvalue weighted by atomic mass is 32.1. The minimum absolute atomic E-state index is 0.348. The molecular formula is C18H17NOS. The molecule has 0 unspecified atom stereocenters. The van der Waals surface area contributed by atoms with Gasteiger partial charge in [-0.25, -0.2) is 0 Å². The summed E-state index contributed by atoms with van der Waals surface area (Å²) in [4.78, 5) is 2.58. The van der Waals surface area contributed by atoms with Crippen LogP contribution in [0.4, 0.5) is 0 Å². The molecule has 2 N–H and O–H groups in total. The Hall–Kier alpha value is -2.10. The van der Waals surface area contributed by atoms with Gasteiger partial charge in [0.1, 0.15) is 5.75 Å². The first-order valence-electron chi connectivity index (χ1n) is 6.94. The average Bonchev–Trinajstić information content (AvgIpc) is 2.99. The van der Waals surface area contributed by atoms with Crippen LogP contribution in [0.1, 0.15) is 10.4 Å². The maximum atomic E-state index is 9.72. The zero-order valence-corrected chi connectivity index (χ0v) is 12.4. The van der Waals surface area contributed by atoms with Crippen LogP contribution in [0.25, 0.3) is 10.4 Å². The first-order valence-corrected chi connectivity index (χ1v) is 7.76. The highest BCUT2D eigenvalue weighted by Crippen LogP contribution is 2.27. The largest absolute Gasteiger partial charge is 0.508 e. The van der Waals surface area contributed by atoms with Crippen molar-refractivity contribution in [2.45, 2.75) is 13.1 Å². The van der Waals surface area contributed by atoms with Gasteiger partial charge in [0.05, 0.1) is 0 Å². The number of benzene rings is 2. The second-order valence-electron chi connectivity index (χ2n) is 4.86. The van der Waals surface area contributed by atoms with E-state index in [0.29, 0.717) is 12.3 Å². The van der Waals surface area contributed by atoms with E-state index < -0.39 is 0 Å². The number of aromatic hydroxyl groups is 1. The SMILES string of the molecule is Oc1ccccc1CNCc1ccc(-c2ccccc2)s1. The van der Waals surface area contributed by atoms with E-state index in [1.807, 2.05) is 24.3 Å². The molecule has 0 amide bonds. The topological polar surface area (TPSA) is 32.3 Å². The summed E-state index contributed by atoms with van der Waals surface area (Å²) < 4.78 is 0. The smallest absolute Gasteiger partial charge is 0.120 e. The third kappa shape index (κ3) is 3.51. The predicted octanol–water partition coefficient (Wildman–Crippen LogP) is 4.41. The molecule has 0 aliphatic carbocycles. The molecule has 2 aromatic carbocycles. The lowest BCUT2D eigenvalue weighted by molar-refractivity contribution is 0.464. The van der Waals surface area contributed by atoms with Gasteiger partial charge in [0.2, 0.25) is 0 Å². The number of para-hydroxylation sites is 1. The number of phenols is 1. The van der Waals surface area contributed by atoms with Crippen molar-refractivity contribution in [2.24, 2.45) is 0 Å². The Balaban J connectivity index is 1.60. The molecule has 0 spiro atoms. The van der Waals surface area contributed by atoms with E-state index in [-0.39, 0.29) is 0 Å². The Morgan fingerprint density at radius 2 is 1.57 bits per heavy atom. The van der Waals surface area contributed by atoms with E-state index >= 15 is 0 Å². The van der Waals surface area contributed by atoms with Crippen LogP contribution >= 0.6 is 11.3 Å². The predicted molar refractivity (Wildman–Crippen MR) is 88.4 cm³/mol. The van der Waals surface area contributed by atoms with Crippen LogP contribution in [0.5, 0.6) is 5.75 Å². The summed E-state index contributed by atoms with van der Waals surface area (Å²) in [7, 11) is 0. The summed E-state index contributed by atoms with van der Waals surface area (Å²) in [5.41, 5.74) is 2.19. The van der Waals surface area contributed by atoms with Crippen LogP contribution < -0.4 is 5.32 Å². The molecule has 3 heteroatoms. The number of thiophene rings is 1. The maximum Gasteiger partial charge on any atom is 0.120 e. The monoisotopic (exact) mass is 295 g/mol. The van der Waals surface area contributed by atoms with Crippen molar-refractivity contribution < 1.29 is 5.11 Å². The average molecular weight is 295 g/mol. The van der Waals surface area contributed by atoms with Crippen LogP contribution in [-0.2, 0) is 13.1 Å². The lowest BCUT2D eigenvalue weighted by Crippen LogP contribution is -2.11. The fourth-order valence-electron chi connectivity index (χ4n) is 2.21. The highest BCUT2D eigenvalue weighted by Gasteiger charge is 2.03. The summed E-state index contributed by atoms with van der Waals surface area (Å²) in [5, 5.41) is 13.1. The first kappa shape index (κ1) is 13.9. The van der Waals surface area contributed by atoms with Gasteiger partial charge >= 0.3 is 0 Å². The third-order valence-electron chi connectivity index (χ3n) is 3.33. The van der Waals surface area contributed by atoms with Gasteiger partial charge in [0.15, 0.2) is 0 Å². The van der Waals surface area contributed by atoms with Crippen molar-refractivity contribution in [3.05, 3.63) is 77.2 Å². The summed E-state index contributed by atoms with van der Waals surface area (Å²) in [6.45, 7) is 1.48. The van der Waals surface area contributed by atoms with Gasteiger partial charge in [-0.15, -0.1) is 11.3 Å².